The van der Waals surface area contributed by atoms with Crippen LogP contribution in [0.1, 0.15) is 5.56 Å². The second-order valence-electron chi connectivity index (χ2n) is 4.61. The van der Waals surface area contributed by atoms with Gasteiger partial charge in [-0.25, -0.2) is 9.37 Å². The number of nitrogen functional groups attached to an aromatic ring is 1. The monoisotopic (exact) mass is 299 g/mol. The second-order valence-corrected chi connectivity index (χ2v) is 5.62. The summed E-state index contributed by atoms with van der Waals surface area (Å²) in [6, 6.07) is 12.6. The molecule has 1 aromatic heterocycles. The molecule has 5 heteroatoms. The van der Waals surface area contributed by atoms with E-state index in [0.717, 1.165) is 21.9 Å². The van der Waals surface area contributed by atoms with E-state index in [4.69, 9.17) is 5.73 Å². The maximum absolute atomic E-state index is 13.2. The van der Waals surface area contributed by atoms with Crippen molar-refractivity contribution < 1.29 is 4.39 Å². The molecule has 0 unspecified atom stereocenters. The Labute approximate surface area is 126 Å². The molecule has 0 saturated heterocycles. The van der Waals surface area contributed by atoms with Crippen LogP contribution in [0.5, 0.6) is 0 Å². The summed E-state index contributed by atoms with van der Waals surface area (Å²) in [5.74, 6) is 0.486. The first-order valence-electron chi connectivity index (χ1n) is 6.47. The first-order valence-corrected chi connectivity index (χ1v) is 7.46. The van der Waals surface area contributed by atoms with E-state index < -0.39 is 0 Å². The van der Waals surface area contributed by atoms with E-state index in [9.17, 15) is 4.39 Å². The van der Waals surface area contributed by atoms with Gasteiger partial charge >= 0.3 is 0 Å². The highest BCUT2D eigenvalue weighted by molar-refractivity contribution is 7.98. The highest BCUT2D eigenvalue weighted by atomic mass is 32.2. The number of nitrogens with two attached hydrogens (primary N) is 1. The van der Waals surface area contributed by atoms with E-state index in [1.807, 2.05) is 22.9 Å². The van der Waals surface area contributed by atoms with E-state index in [-0.39, 0.29) is 5.82 Å². The molecule has 0 amide bonds. The average molecular weight is 299 g/mol. The summed E-state index contributed by atoms with van der Waals surface area (Å²) in [5, 5.41) is 0. The van der Waals surface area contributed by atoms with E-state index in [1.165, 1.54) is 23.9 Å². The lowest BCUT2D eigenvalue weighted by atomic mass is 10.2. The molecule has 0 spiro atoms. The van der Waals surface area contributed by atoms with Crippen LogP contribution in [0.2, 0.25) is 0 Å². The normalized spacial score (nSPS) is 10.7. The number of benzene rings is 2. The van der Waals surface area contributed by atoms with Gasteiger partial charge in [-0.2, -0.15) is 0 Å². The van der Waals surface area contributed by atoms with Crippen molar-refractivity contribution in [2.24, 2.45) is 0 Å². The molecular weight excluding hydrogens is 285 g/mol. The number of anilines is 1. The van der Waals surface area contributed by atoms with Gasteiger partial charge in [-0.3, -0.25) is 0 Å². The number of aromatic nitrogens is 2. The van der Waals surface area contributed by atoms with Crippen LogP contribution in [0.15, 0.2) is 66.1 Å². The van der Waals surface area contributed by atoms with Crippen LogP contribution in [0.3, 0.4) is 0 Å². The largest absolute Gasteiger partial charge is 0.398 e. The number of nitrogens with zero attached hydrogens (tertiary/aromatic N) is 2. The van der Waals surface area contributed by atoms with E-state index in [2.05, 4.69) is 17.1 Å². The third-order valence-corrected chi connectivity index (χ3v) is 4.25. The summed E-state index contributed by atoms with van der Waals surface area (Å²) in [7, 11) is 0. The zero-order valence-corrected chi connectivity index (χ0v) is 12.1. The summed E-state index contributed by atoms with van der Waals surface area (Å²) in [6.45, 7) is 0. The van der Waals surface area contributed by atoms with Crippen molar-refractivity contribution in [3.8, 4) is 5.69 Å². The zero-order chi connectivity index (χ0) is 14.7. The van der Waals surface area contributed by atoms with Gasteiger partial charge in [0, 0.05) is 34.4 Å². The maximum atomic E-state index is 13.2. The van der Waals surface area contributed by atoms with Crippen molar-refractivity contribution in [1.82, 2.24) is 9.55 Å². The summed E-state index contributed by atoms with van der Waals surface area (Å²) in [4.78, 5) is 4.80. The molecule has 1 heterocycles. The quantitative estimate of drug-likeness (QED) is 0.587. The molecular formula is C16H14FN3S. The molecule has 0 aliphatic rings. The second kappa shape index (κ2) is 6.01. The summed E-state index contributed by atoms with van der Waals surface area (Å²) >= 11 is 1.53. The highest BCUT2D eigenvalue weighted by Crippen LogP contribution is 2.29. The molecule has 3 nitrogen and oxygen atoms in total. The third-order valence-electron chi connectivity index (χ3n) is 3.11. The van der Waals surface area contributed by atoms with Gasteiger partial charge in [-0.15, -0.1) is 11.8 Å². The Balaban J connectivity index is 1.70. The Kier molecular flexibility index (Phi) is 3.92. The fraction of sp³-hybridized carbons (Fsp3) is 0.0625. The predicted octanol–water partition coefficient (Wildman–Crippen LogP) is 3.89. The zero-order valence-electron chi connectivity index (χ0n) is 11.2. The summed E-state index contributed by atoms with van der Waals surface area (Å²) in [6.07, 6.45) is 5.41. The van der Waals surface area contributed by atoms with Crippen LogP contribution in [-0.2, 0) is 5.75 Å². The minimum absolute atomic E-state index is 0.262. The first-order chi connectivity index (χ1) is 10.2. The van der Waals surface area contributed by atoms with E-state index in [0.29, 0.717) is 5.69 Å². The first kappa shape index (κ1) is 13.7. The molecule has 21 heavy (non-hydrogen) atoms. The lowest BCUT2D eigenvalue weighted by Gasteiger charge is -2.07. The van der Waals surface area contributed by atoms with Crippen molar-refractivity contribution in [3.05, 3.63) is 72.6 Å². The molecule has 2 aromatic carbocycles. The highest BCUT2D eigenvalue weighted by Gasteiger charge is 2.03. The third kappa shape index (κ3) is 3.25. The summed E-state index contributed by atoms with van der Waals surface area (Å²) < 4.78 is 15.2. The topological polar surface area (TPSA) is 43.8 Å². The van der Waals surface area contributed by atoms with Gasteiger partial charge in [0.25, 0.3) is 0 Å². The molecule has 106 valence electrons. The van der Waals surface area contributed by atoms with Gasteiger partial charge in [-0.1, -0.05) is 12.1 Å². The van der Waals surface area contributed by atoms with Gasteiger partial charge in [0.2, 0.25) is 0 Å². The maximum Gasteiger partial charge on any atom is 0.124 e. The van der Waals surface area contributed by atoms with Crippen LogP contribution in [0, 0.1) is 5.82 Å². The fourth-order valence-corrected chi connectivity index (χ4v) is 2.92. The van der Waals surface area contributed by atoms with Crippen molar-refractivity contribution in [2.75, 3.05) is 5.73 Å². The van der Waals surface area contributed by atoms with Crippen LogP contribution >= 0.6 is 11.8 Å². The van der Waals surface area contributed by atoms with Gasteiger partial charge in [-0.05, 0) is 35.9 Å². The number of rotatable bonds is 4. The lowest BCUT2D eigenvalue weighted by Crippen LogP contribution is -1.92. The van der Waals surface area contributed by atoms with E-state index in [1.54, 1.807) is 18.6 Å². The minimum atomic E-state index is -0.262. The molecule has 0 bridgehead atoms. The van der Waals surface area contributed by atoms with Crippen LogP contribution in [-0.4, -0.2) is 9.55 Å². The Morgan fingerprint density at radius 1 is 1.14 bits per heavy atom. The molecule has 0 fully saturated rings. The van der Waals surface area contributed by atoms with Crippen LogP contribution in [0.4, 0.5) is 10.1 Å². The molecule has 3 rings (SSSR count). The number of imidazole rings is 1. The molecule has 0 aliphatic heterocycles. The lowest BCUT2D eigenvalue weighted by molar-refractivity contribution is 0.624. The Morgan fingerprint density at radius 3 is 2.67 bits per heavy atom. The number of halogens is 1. The van der Waals surface area contributed by atoms with Crippen molar-refractivity contribution in [1.29, 1.82) is 0 Å². The fourth-order valence-electron chi connectivity index (χ4n) is 1.97. The standard InChI is InChI=1S/C16H14FN3S/c17-13-3-6-15(18)16(9-13)21-10-12-1-4-14(5-2-12)20-8-7-19-11-20/h1-9,11H,10,18H2. The van der Waals surface area contributed by atoms with Gasteiger partial charge in [0.05, 0.1) is 6.33 Å². The molecule has 0 radical (unpaired) electrons. The minimum Gasteiger partial charge on any atom is -0.398 e. The molecule has 0 aliphatic carbocycles. The van der Waals surface area contributed by atoms with Crippen molar-refractivity contribution in [2.45, 2.75) is 10.6 Å². The molecule has 0 atom stereocenters. The molecule has 2 N–H and O–H groups in total. The van der Waals surface area contributed by atoms with Gasteiger partial charge in [0.1, 0.15) is 5.82 Å². The SMILES string of the molecule is Nc1ccc(F)cc1SCc1ccc(-n2ccnc2)cc1. The van der Waals surface area contributed by atoms with Crippen LogP contribution in [0.25, 0.3) is 5.69 Å². The summed E-state index contributed by atoms with van der Waals surface area (Å²) in [5.41, 5.74) is 8.67. The number of thioether (sulfide) groups is 1. The Bertz CT molecular complexity index is 724. The number of hydrogen-bond donors (Lipinski definition) is 1. The molecule has 0 saturated carbocycles. The van der Waals surface area contributed by atoms with E-state index >= 15 is 0 Å². The Hall–Kier alpha value is -2.27. The predicted molar refractivity (Wildman–Crippen MR) is 83.9 cm³/mol. The number of hydrogen-bond acceptors (Lipinski definition) is 3. The van der Waals surface area contributed by atoms with Gasteiger partial charge in [0.15, 0.2) is 0 Å². The molecule has 3 aromatic rings. The smallest absolute Gasteiger partial charge is 0.124 e. The van der Waals surface area contributed by atoms with Gasteiger partial charge < -0.3 is 10.3 Å². The van der Waals surface area contributed by atoms with Crippen molar-refractivity contribution >= 4 is 17.4 Å². The van der Waals surface area contributed by atoms with Crippen LogP contribution < -0.4 is 5.73 Å². The Morgan fingerprint density at radius 2 is 1.95 bits per heavy atom. The average Bonchev–Trinajstić information content (AvgIpc) is 3.03. The van der Waals surface area contributed by atoms with Crippen molar-refractivity contribution in [3.63, 3.8) is 0 Å².